The lowest BCUT2D eigenvalue weighted by molar-refractivity contribution is 0.102. The standard InChI is InChI=1S/C21H21F2N3O/c1-21(2,3)18-12-19(26(25-18)13-14-7-5-4-6-8-14)24-20(27)15-9-16(22)11-17(23)10-15/h4-12H,13H2,1-3H3,(H,24,27). The summed E-state index contributed by atoms with van der Waals surface area (Å²) in [6.45, 7) is 6.53. The lowest BCUT2D eigenvalue weighted by atomic mass is 9.92. The second-order valence-corrected chi connectivity index (χ2v) is 7.42. The van der Waals surface area contributed by atoms with E-state index in [0.717, 1.165) is 29.5 Å². The average Bonchev–Trinajstić information content (AvgIpc) is 2.98. The Bertz CT molecular complexity index is 939. The van der Waals surface area contributed by atoms with Crippen LogP contribution in [0.1, 0.15) is 42.4 Å². The summed E-state index contributed by atoms with van der Waals surface area (Å²) >= 11 is 0. The van der Waals surface area contributed by atoms with Gasteiger partial charge in [0.1, 0.15) is 17.5 Å². The van der Waals surface area contributed by atoms with Gasteiger partial charge in [-0.15, -0.1) is 0 Å². The Morgan fingerprint density at radius 3 is 2.26 bits per heavy atom. The number of anilines is 1. The molecule has 0 aliphatic carbocycles. The maximum absolute atomic E-state index is 13.4. The van der Waals surface area contributed by atoms with Gasteiger partial charge in [0.2, 0.25) is 0 Å². The van der Waals surface area contributed by atoms with Crippen LogP contribution < -0.4 is 5.32 Å². The molecule has 3 aromatic rings. The molecule has 0 unspecified atom stereocenters. The third-order valence-corrected chi connectivity index (χ3v) is 4.09. The van der Waals surface area contributed by atoms with Gasteiger partial charge in [0.15, 0.2) is 0 Å². The molecule has 0 aliphatic heterocycles. The zero-order chi connectivity index (χ0) is 19.6. The van der Waals surface area contributed by atoms with Crippen LogP contribution in [0, 0.1) is 11.6 Å². The molecule has 1 amide bonds. The number of benzene rings is 2. The van der Waals surface area contributed by atoms with E-state index < -0.39 is 17.5 Å². The van der Waals surface area contributed by atoms with E-state index >= 15 is 0 Å². The minimum absolute atomic E-state index is 0.0859. The van der Waals surface area contributed by atoms with Crippen molar-refractivity contribution < 1.29 is 13.6 Å². The quantitative estimate of drug-likeness (QED) is 0.721. The summed E-state index contributed by atoms with van der Waals surface area (Å²) in [5, 5.41) is 7.33. The van der Waals surface area contributed by atoms with Crippen molar-refractivity contribution in [3.05, 3.63) is 83.1 Å². The number of carbonyl (C=O) groups excluding carboxylic acids is 1. The second kappa shape index (κ2) is 7.31. The van der Waals surface area contributed by atoms with Gasteiger partial charge in [-0.2, -0.15) is 5.10 Å². The van der Waals surface area contributed by atoms with Gasteiger partial charge >= 0.3 is 0 Å². The summed E-state index contributed by atoms with van der Waals surface area (Å²) in [6, 6.07) is 14.2. The SMILES string of the molecule is CC(C)(C)c1cc(NC(=O)c2cc(F)cc(F)c2)n(Cc2ccccc2)n1. The highest BCUT2D eigenvalue weighted by atomic mass is 19.1. The van der Waals surface area contributed by atoms with Crippen molar-refractivity contribution in [2.45, 2.75) is 32.7 Å². The molecule has 0 bridgehead atoms. The molecule has 0 aliphatic rings. The van der Waals surface area contributed by atoms with Crippen molar-refractivity contribution >= 4 is 11.7 Å². The Morgan fingerprint density at radius 1 is 1.04 bits per heavy atom. The first kappa shape index (κ1) is 18.8. The van der Waals surface area contributed by atoms with Crippen LogP contribution in [0.15, 0.2) is 54.6 Å². The van der Waals surface area contributed by atoms with E-state index in [2.05, 4.69) is 10.4 Å². The third-order valence-electron chi connectivity index (χ3n) is 4.09. The van der Waals surface area contributed by atoms with Gasteiger partial charge in [0.05, 0.1) is 12.2 Å². The number of aromatic nitrogens is 2. The van der Waals surface area contributed by atoms with E-state index in [1.165, 1.54) is 0 Å². The van der Waals surface area contributed by atoms with Crippen molar-refractivity contribution in [2.24, 2.45) is 0 Å². The van der Waals surface area contributed by atoms with Crippen molar-refractivity contribution in [3.63, 3.8) is 0 Å². The van der Waals surface area contributed by atoms with Gasteiger partial charge in [-0.3, -0.25) is 4.79 Å². The molecular formula is C21H21F2N3O. The zero-order valence-electron chi connectivity index (χ0n) is 15.5. The van der Waals surface area contributed by atoms with Gasteiger partial charge in [-0.25, -0.2) is 13.5 Å². The van der Waals surface area contributed by atoms with Crippen LogP contribution >= 0.6 is 0 Å². The first-order valence-corrected chi connectivity index (χ1v) is 8.62. The second-order valence-electron chi connectivity index (χ2n) is 7.42. The number of rotatable bonds is 4. The maximum Gasteiger partial charge on any atom is 0.257 e. The van der Waals surface area contributed by atoms with Crippen LogP contribution in [-0.4, -0.2) is 15.7 Å². The normalized spacial score (nSPS) is 11.4. The minimum Gasteiger partial charge on any atom is -0.307 e. The highest BCUT2D eigenvalue weighted by Crippen LogP contribution is 2.25. The molecule has 1 aromatic heterocycles. The number of nitrogens with one attached hydrogen (secondary N) is 1. The highest BCUT2D eigenvalue weighted by Gasteiger charge is 2.21. The lowest BCUT2D eigenvalue weighted by Crippen LogP contribution is -2.17. The number of amides is 1. The molecule has 2 aromatic carbocycles. The Hall–Kier alpha value is -3.02. The topological polar surface area (TPSA) is 46.9 Å². The van der Waals surface area contributed by atoms with E-state index in [1.807, 2.05) is 51.1 Å². The number of hydrogen-bond donors (Lipinski definition) is 1. The van der Waals surface area contributed by atoms with Crippen molar-refractivity contribution in [2.75, 3.05) is 5.32 Å². The molecule has 1 heterocycles. The van der Waals surface area contributed by atoms with Crippen LogP contribution in [0.2, 0.25) is 0 Å². The fraction of sp³-hybridized carbons (Fsp3) is 0.238. The van der Waals surface area contributed by atoms with E-state index in [9.17, 15) is 13.6 Å². The summed E-state index contributed by atoms with van der Waals surface area (Å²) in [5.41, 5.74) is 1.52. The third kappa shape index (κ3) is 4.58. The molecule has 0 spiro atoms. The van der Waals surface area contributed by atoms with Crippen LogP contribution in [0.5, 0.6) is 0 Å². The summed E-state index contributed by atoms with van der Waals surface area (Å²) in [6.07, 6.45) is 0. The number of hydrogen-bond acceptors (Lipinski definition) is 2. The maximum atomic E-state index is 13.4. The molecule has 1 N–H and O–H groups in total. The molecule has 0 saturated heterocycles. The highest BCUT2D eigenvalue weighted by molar-refractivity contribution is 6.03. The van der Waals surface area contributed by atoms with Crippen LogP contribution in [-0.2, 0) is 12.0 Å². The van der Waals surface area contributed by atoms with Crippen molar-refractivity contribution in [3.8, 4) is 0 Å². The summed E-state index contributed by atoms with van der Waals surface area (Å²) in [5.74, 6) is -1.72. The zero-order valence-corrected chi connectivity index (χ0v) is 15.5. The number of halogens is 2. The molecule has 0 atom stereocenters. The smallest absolute Gasteiger partial charge is 0.257 e. The fourth-order valence-corrected chi connectivity index (χ4v) is 2.63. The first-order valence-electron chi connectivity index (χ1n) is 8.62. The predicted molar refractivity (Wildman–Crippen MR) is 101 cm³/mol. The van der Waals surface area contributed by atoms with Crippen LogP contribution in [0.4, 0.5) is 14.6 Å². The molecule has 140 valence electrons. The molecule has 3 rings (SSSR count). The molecule has 27 heavy (non-hydrogen) atoms. The summed E-state index contributed by atoms with van der Waals surface area (Å²) in [4.78, 5) is 12.5. The van der Waals surface area contributed by atoms with Gasteiger partial charge in [-0.05, 0) is 17.7 Å². The van der Waals surface area contributed by atoms with Crippen LogP contribution in [0.3, 0.4) is 0 Å². The first-order chi connectivity index (χ1) is 12.7. The number of carbonyl (C=O) groups is 1. The molecule has 6 heteroatoms. The van der Waals surface area contributed by atoms with Crippen molar-refractivity contribution in [1.29, 1.82) is 0 Å². The lowest BCUT2D eigenvalue weighted by Gasteiger charge is -2.14. The Labute approximate surface area is 156 Å². The van der Waals surface area contributed by atoms with E-state index in [0.29, 0.717) is 12.4 Å². The Balaban J connectivity index is 1.93. The summed E-state index contributed by atoms with van der Waals surface area (Å²) < 4.78 is 28.5. The van der Waals surface area contributed by atoms with Crippen LogP contribution in [0.25, 0.3) is 0 Å². The Kier molecular flexibility index (Phi) is 5.08. The fourth-order valence-electron chi connectivity index (χ4n) is 2.63. The van der Waals surface area contributed by atoms with Gasteiger partial charge in [0.25, 0.3) is 5.91 Å². The Morgan fingerprint density at radius 2 is 1.67 bits per heavy atom. The molecule has 0 radical (unpaired) electrons. The van der Waals surface area contributed by atoms with E-state index in [4.69, 9.17) is 0 Å². The molecule has 0 saturated carbocycles. The van der Waals surface area contributed by atoms with Gasteiger partial charge in [-0.1, -0.05) is 51.1 Å². The number of nitrogens with zero attached hydrogens (tertiary/aromatic N) is 2. The van der Waals surface area contributed by atoms with Gasteiger partial charge < -0.3 is 5.32 Å². The minimum atomic E-state index is -0.798. The summed E-state index contributed by atoms with van der Waals surface area (Å²) in [7, 11) is 0. The average molecular weight is 369 g/mol. The monoisotopic (exact) mass is 369 g/mol. The largest absolute Gasteiger partial charge is 0.307 e. The van der Waals surface area contributed by atoms with Gasteiger partial charge in [0, 0.05) is 23.1 Å². The molecular weight excluding hydrogens is 348 g/mol. The van der Waals surface area contributed by atoms with E-state index in [-0.39, 0.29) is 11.0 Å². The molecule has 4 nitrogen and oxygen atoms in total. The molecule has 0 fully saturated rings. The van der Waals surface area contributed by atoms with Crippen molar-refractivity contribution in [1.82, 2.24) is 9.78 Å². The van der Waals surface area contributed by atoms with E-state index in [1.54, 1.807) is 10.7 Å². The predicted octanol–water partition coefficient (Wildman–Crippen LogP) is 4.76.